The Hall–Kier alpha value is -0.720. The van der Waals surface area contributed by atoms with Gasteiger partial charge < -0.3 is 9.47 Å². The first-order valence-electron chi connectivity index (χ1n) is 5.99. The molecule has 100 valence electrons. The van der Waals surface area contributed by atoms with Crippen LogP contribution in [0, 0.1) is 5.92 Å². The number of hydrogen-bond acceptors (Lipinski definition) is 4. The summed E-state index contributed by atoms with van der Waals surface area (Å²) in [4.78, 5) is 12.4. The molecule has 0 amide bonds. The summed E-state index contributed by atoms with van der Waals surface area (Å²) in [6.07, 6.45) is 2.59. The lowest BCUT2D eigenvalue weighted by Gasteiger charge is -2.10. The molecule has 2 heterocycles. The number of carbonyl (C=O) groups excluding carboxylic acids is 1. The molecule has 1 aromatic rings. The van der Waals surface area contributed by atoms with Gasteiger partial charge in [-0.2, -0.15) is 5.10 Å². The molecular formula is C12H17BrN2O3. The van der Waals surface area contributed by atoms with Crippen molar-refractivity contribution in [1.82, 2.24) is 9.78 Å². The Morgan fingerprint density at radius 2 is 2.50 bits per heavy atom. The summed E-state index contributed by atoms with van der Waals surface area (Å²) in [6.45, 7) is 3.60. The van der Waals surface area contributed by atoms with Crippen LogP contribution in [0.2, 0.25) is 0 Å². The third-order valence-corrected chi connectivity index (χ3v) is 3.68. The summed E-state index contributed by atoms with van der Waals surface area (Å²) in [7, 11) is 1.63. The van der Waals surface area contributed by atoms with E-state index in [1.807, 2.05) is 6.92 Å². The molecule has 6 heteroatoms. The van der Waals surface area contributed by atoms with Crippen molar-refractivity contribution >= 4 is 21.7 Å². The van der Waals surface area contributed by atoms with E-state index in [9.17, 15) is 4.79 Å². The molecule has 0 bridgehead atoms. The van der Waals surface area contributed by atoms with Crippen LogP contribution < -0.4 is 0 Å². The van der Waals surface area contributed by atoms with Crippen LogP contribution >= 0.6 is 15.9 Å². The zero-order chi connectivity index (χ0) is 13.1. The summed E-state index contributed by atoms with van der Waals surface area (Å²) < 4.78 is 12.9. The number of methoxy groups -OCH3 is 1. The first-order valence-corrected chi connectivity index (χ1v) is 6.78. The molecule has 1 aromatic heterocycles. The molecule has 5 nitrogen and oxygen atoms in total. The van der Waals surface area contributed by atoms with E-state index >= 15 is 0 Å². The van der Waals surface area contributed by atoms with Crippen molar-refractivity contribution in [2.24, 2.45) is 5.92 Å². The number of rotatable bonds is 5. The molecule has 2 atom stereocenters. The zero-order valence-corrected chi connectivity index (χ0v) is 12.1. The number of Topliss-reactive ketones (excluding diaryl/α,β-unsaturated/α-hetero) is 1. The molecule has 1 fully saturated rings. The number of ether oxygens (including phenoxy) is 2. The van der Waals surface area contributed by atoms with E-state index in [1.54, 1.807) is 18.0 Å². The maximum absolute atomic E-state index is 12.4. The van der Waals surface area contributed by atoms with Crippen molar-refractivity contribution < 1.29 is 14.3 Å². The van der Waals surface area contributed by atoms with Crippen molar-refractivity contribution in [3.8, 4) is 0 Å². The van der Waals surface area contributed by atoms with Crippen LogP contribution in [-0.4, -0.2) is 42.0 Å². The molecule has 0 aromatic carbocycles. The van der Waals surface area contributed by atoms with E-state index in [1.165, 1.54) is 0 Å². The molecule has 0 N–H and O–H groups in total. The van der Waals surface area contributed by atoms with Gasteiger partial charge in [-0.05, 0) is 29.3 Å². The topological polar surface area (TPSA) is 53.4 Å². The minimum Gasteiger partial charge on any atom is -0.383 e. The largest absolute Gasteiger partial charge is 0.383 e. The van der Waals surface area contributed by atoms with Gasteiger partial charge in [-0.15, -0.1) is 0 Å². The van der Waals surface area contributed by atoms with Crippen LogP contribution in [0.5, 0.6) is 0 Å². The first kappa shape index (κ1) is 13.7. The Bertz CT molecular complexity index is 433. The number of aromatic nitrogens is 2. The number of carbonyl (C=O) groups is 1. The van der Waals surface area contributed by atoms with Gasteiger partial charge in [0.05, 0.1) is 36.5 Å². The van der Waals surface area contributed by atoms with Gasteiger partial charge in [0.15, 0.2) is 5.78 Å². The quantitative estimate of drug-likeness (QED) is 0.779. The average Bonchev–Trinajstić information content (AvgIpc) is 2.92. The van der Waals surface area contributed by atoms with E-state index in [4.69, 9.17) is 9.47 Å². The Labute approximate surface area is 115 Å². The van der Waals surface area contributed by atoms with Crippen molar-refractivity contribution in [3.63, 3.8) is 0 Å². The Morgan fingerprint density at radius 1 is 1.72 bits per heavy atom. The third kappa shape index (κ3) is 2.81. The van der Waals surface area contributed by atoms with Gasteiger partial charge in [0.2, 0.25) is 0 Å². The lowest BCUT2D eigenvalue weighted by atomic mass is 9.99. The summed E-state index contributed by atoms with van der Waals surface area (Å²) in [5.41, 5.74) is 0.620. The van der Waals surface area contributed by atoms with E-state index in [0.717, 1.165) is 10.9 Å². The van der Waals surface area contributed by atoms with E-state index in [2.05, 4.69) is 21.0 Å². The molecule has 2 unspecified atom stereocenters. The molecule has 2 rings (SSSR count). The lowest BCUT2D eigenvalue weighted by Crippen LogP contribution is -2.21. The average molecular weight is 317 g/mol. The van der Waals surface area contributed by atoms with Crippen LogP contribution in [-0.2, 0) is 16.0 Å². The van der Waals surface area contributed by atoms with E-state index in [-0.39, 0.29) is 17.8 Å². The number of hydrogen-bond donors (Lipinski definition) is 0. The second-order valence-electron chi connectivity index (χ2n) is 4.50. The molecule has 0 saturated carbocycles. The second kappa shape index (κ2) is 5.95. The van der Waals surface area contributed by atoms with Crippen molar-refractivity contribution in [2.45, 2.75) is 26.0 Å². The number of nitrogens with zero attached hydrogens (tertiary/aromatic N) is 2. The fourth-order valence-corrected chi connectivity index (χ4v) is 2.64. The summed E-state index contributed by atoms with van der Waals surface area (Å²) in [5.74, 6) is 0.0362. The van der Waals surface area contributed by atoms with Gasteiger partial charge in [-0.1, -0.05) is 0 Å². The van der Waals surface area contributed by atoms with Crippen molar-refractivity contribution in [3.05, 3.63) is 16.4 Å². The van der Waals surface area contributed by atoms with Gasteiger partial charge in [-0.25, -0.2) is 0 Å². The molecule has 18 heavy (non-hydrogen) atoms. The standard InChI is InChI=1S/C12H17BrN2O3/c1-8-5-9(7-18-8)12(16)11-10(13)6-14-15(11)3-4-17-2/h6,8-9H,3-5,7H2,1-2H3. The van der Waals surface area contributed by atoms with Gasteiger partial charge in [0.1, 0.15) is 5.69 Å². The monoisotopic (exact) mass is 316 g/mol. The predicted octanol–water partition coefficient (Wildman–Crippen LogP) is 1.90. The van der Waals surface area contributed by atoms with Crippen LogP contribution in [0.25, 0.3) is 0 Å². The first-order chi connectivity index (χ1) is 8.63. The van der Waals surface area contributed by atoms with Crippen LogP contribution in [0.4, 0.5) is 0 Å². The molecule has 1 aliphatic rings. The van der Waals surface area contributed by atoms with Crippen molar-refractivity contribution in [1.29, 1.82) is 0 Å². The Morgan fingerprint density at radius 3 is 3.11 bits per heavy atom. The smallest absolute Gasteiger partial charge is 0.187 e. The molecule has 1 aliphatic heterocycles. The fraction of sp³-hybridized carbons (Fsp3) is 0.667. The van der Waals surface area contributed by atoms with Gasteiger partial charge in [-0.3, -0.25) is 9.48 Å². The van der Waals surface area contributed by atoms with Crippen LogP contribution in [0.15, 0.2) is 10.7 Å². The Kier molecular flexibility index (Phi) is 4.53. The minimum atomic E-state index is -0.0608. The van der Waals surface area contributed by atoms with E-state index < -0.39 is 0 Å². The SMILES string of the molecule is COCCn1ncc(Br)c1C(=O)C1COC(C)C1. The highest BCUT2D eigenvalue weighted by molar-refractivity contribution is 9.10. The minimum absolute atomic E-state index is 0.0608. The molecular weight excluding hydrogens is 300 g/mol. The highest BCUT2D eigenvalue weighted by atomic mass is 79.9. The van der Waals surface area contributed by atoms with Crippen molar-refractivity contribution in [2.75, 3.05) is 20.3 Å². The number of halogens is 1. The van der Waals surface area contributed by atoms with E-state index in [0.29, 0.717) is 25.5 Å². The molecule has 0 radical (unpaired) electrons. The maximum atomic E-state index is 12.4. The summed E-state index contributed by atoms with van der Waals surface area (Å²) >= 11 is 3.39. The second-order valence-corrected chi connectivity index (χ2v) is 5.35. The summed E-state index contributed by atoms with van der Waals surface area (Å²) in [6, 6.07) is 0. The van der Waals surface area contributed by atoms with Crippen LogP contribution in [0.3, 0.4) is 0 Å². The zero-order valence-electron chi connectivity index (χ0n) is 10.6. The highest BCUT2D eigenvalue weighted by Gasteiger charge is 2.32. The highest BCUT2D eigenvalue weighted by Crippen LogP contribution is 2.26. The summed E-state index contributed by atoms with van der Waals surface area (Å²) in [5, 5.41) is 4.19. The molecule has 0 aliphatic carbocycles. The maximum Gasteiger partial charge on any atom is 0.187 e. The lowest BCUT2D eigenvalue weighted by molar-refractivity contribution is 0.0863. The Balaban J connectivity index is 2.16. The van der Waals surface area contributed by atoms with Gasteiger partial charge in [0, 0.05) is 13.0 Å². The predicted molar refractivity (Wildman–Crippen MR) is 69.7 cm³/mol. The van der Waals surface area contributed by atoms with Gasteiger partial charge in [0.25, 0.3) is 0 Å². The number of ketones is 1. The van der Waals surface area contributed by atoms with Crippen LogP contribution in [0.1, 0.15) is 23.8 Å². The third-order valence-electron chi connectivity index (χ3n) is 3.10. The molecule has 0 spiro atoms. The molecule has 1 saturated heterocycles. The normalized spacial score (nSPS) is 23.5. The fourth-order valence-electron chi connectivity index (χ4n) is 2.15. The van der Waals surface area contributed by atoms with Gasteiger partial charge >= 0.3 is 0 Å².